The number of rotatable bonds is 11. The van der Waals surface area contributed by atoms with Crippen LogP contribution in [-0.2, 0) is 49.2 Å². The zero-order valence-electron chi connectivity index (χ0n) is 26.6. The minimum Gasteiger partial charge on any atom is -0.479 e. The number of hydrogen-bond acceptors (Lipinski definition) is 9. The lowest BCUT2D eigenvalue weighted by Crippen LogP contribution is -2.54. The molecule has 0 fully saturated rings. The van der Waals surface area contributed by atoms with Gasteiger partial charge in [0.2, 0.25) is 5.85 Å². The van der Waals surface area contributed by atoms with Crippen molar-refractivity contribution in [1.82, 2.24) is 0 Å². The van der Waals surface area contributed by atoms with E-state index in [4.69, 9.17) is 34.2 Å². The van der Waals surface area contributed by atoms with Gasteiger partial charge in [-0.25, -0.2) is 19.2 Å². The zero-order valence-corrected chi connectivity index (χ0v) is 27.4. The summed E-state index contributed by atoms with van der Waals surface area (Å²) in [5.41, 5.74) is -4.10. The van der Waals surface area contributed by atoms with Crippen LogP contribution in [0.1, 0.15) is 105 Å². The number of benzene rings is 1. The number of carbonyl (C=O) groups excluding carboxylic acids is 1. The van der Waals surface area contributed by atoms with Gasteiger partial charge < -0.3 is 44.4 Å². The van der Waals surface area contributed by atoms with Crippen LogP contribution in [0.5, 0.6) is 0 Å². The number of ether oxygens (including phenoxy) is 3. The summed E-state index contributed by atoms with van der Waals surface area (Å²) in [6.45, 7) is 15.6. The number of carboxylic acid groups (broad SMARTS) is 4. The quantitative estimate of drug-likeness (QED) is 0.118. The van der Waals surface area contributed by atoms with Crippen LogP contribution >= 0.6 is 7.60 Å². The van der Waals surface area contributed by atoms with Crippen LogP contribution in [0.2, 0.25) is 0 Å². The Morgan fingerprint density at radius 1 is 0.667 bits per heavy atom. The summed E-state index contributed by atoms with van der Waals surface area (Å²) in [5, 5.41) is 35.4. The van der Waals surface area contributed by atoms with Gasteiger partial charge in [0, 0.05) is 6.42 Å². The van der Waals surface area contributed by atoms with Gasteiger partial charge in [-0.3, -0.25) is 9.36 Å². The average Bonchev–Trinajstić information content (AvgIpc) is 2.78. The van der Waals surface area contributed by atoms with Crippen molar-refractivity contribution in [2.45, 2.75) is 140 Å². The SMILES string of the molecule is C.C.C.C.CC(=O)C(OC(C)(C)C)P(=O)(O)O.CC(C)(C)OC(C(=O)O)C(=O)O.CC(C)(C)OC(Cc1ccccc1)(C(=O)O)C(=O)O. The van der Waals surface area contributed by atoms with E-state index in [9.17, 15) is 38.8 Å². The first-order valence-electron chi connectivity index (χ1n) is 13.0. The summed E-state index contributed by atoms with van der Waals surface area (Å²) >= 11 is 0. The van der Waals surface area contributed by atoms with E-state index in [0.717, 1.165) is 6.92 Å². The molecule has 0 amide bonds. The Bertz CT molecular complexity index is 1140. The Labute approximate surface area is 285 Å². The first-order chi connectivity index (χ1) is 19.4. The topological polar surface area (TPSA) is 251 Å². The third kappa shape index (κ3) is 24.0. The van der Waals surface area contributed by atoms with Gasteiger partial charge in [-0.05, 0) is 74.8 Å². The van der Waals surface area contributed by atoms with Gasteiger partial charge in [0.25, 0.3) is 11.7 Å². The van der Waals surface area contributed by atoms with Gasteiger partial charge in [0.1, 0.15) is 0 Å². The maximum atomic E-state index is 11.4. The molecule has 0 saturated carbocycles. The highest BCUT2D eigenvalue weighted by Gasteiger charge is 2.50. The van der Waals surface area contributed by atoms with Gasteiger partial charge in [-0.15, -0.1) is 0 Å². The second-order valence-electron chi connectivity index (χ2n) is 12.4. The molecule has 1 aromatic carbocycles. The lowest BCUT2D eigenvalue weighted by molar-refractivity contribution is -0.199. The molecule has 0 heterocycles. The van der Waals surface area contributed by atoms with E-state index in [-0.39, 0.29) is 36.1 Å². The van der Waals surface area contributed by atoms with Gasteiger partial charge in [0.15, 0.2) is 5.78 Å². The number of aliphatic carboxylic acids is 4. The van der Waals surface area contributed by atoms with Crippen LogP contribution in [0, 0.1) is 0 Å². The first kappa shape index (κ1) is 57.1. The highest BCUT2D eigenvalue weighted by atomic mass is 31.2. The molecule has 16 heteroatoms. The van der Waals surface area contributed by atoms with E-state index in [2.05, 4.69) is 0 Å². The predicted octanol–water partition coefficient (Wildman–Crippen LogP) is 5.73. The molecule has 1 rings (SSSR count). The van der Waals surface area contributed by atoms with Crippen molar-refractivity contribution in [3.63, 3.8) is 0 Å². The van der Waals surface area contributed by atoms with Crippen LogP contribution in [0.4, 0.5) is 0 Å². The monoisotopic (exact) mass is 716 g/mol. The third-order valence-corrected chi connectivity index (χ3v) is 5.59. The smallest absolute Gasteiger partial charge is 0.361 e. The molecule has 0 aliphatic carbocycles. The maximum Gasteiger partial charge on any atom is 0.361 e. The van der Waals surface area contributed by atoms with Crippen molar-refractivity contribution >= 4 is 37.3 Å². The van der Waals surface area contributed by atoms with Gasteiger partial charge >= 0.3 is 31.5 Å². The molecule has 1 aromatic rings. The van der Waals surface area contributed by atoms with E-state index in [0.29, 0.717) is 5.56 Å². The normalized spacial score (nSPS) is 11.9. The van der Waals surface area contributed by atoms with E-state index in [1.54, 1.807) is 92.6 Å². The Morgan fingerprint density at radius 2 is 1.02 bits per heavy atom. The molecular weight excluding hydrogens is 655 g/mol. The molecule has 1 atom stereocenters. The van der Waals surface area contributed by atoms with Crippen molar-refractivity contribution in [1.29, 1.82) is 0 Å². The van der Waals surface area contributed by atoms with Gasteiger partial charge in [-0.2, -0.15) is 0 Å². The second-order valence-corrected chi connectivity index (χ2v) is 14.0. The summed E-state index contributed by atoms with van der Waals surface area (Å²) < 4.78 is 25.9. The largest absolute Gasteiger partial charge is 0.479 e. The Kier molecular flexibility index (Phi) is 26.7. The molecule has 0 spiro atoms. The minimum atomic E-state index is -4.50. The Hall–Kier alpha value is -3.20. The van der Waals surface area contributed by atoms with Crippen molar-refractivity contribution in [2.75, 3.05) is 0 Å². The Balaban J connectivity index is -0.000000137. The highest BCUT2D eigenvalue weighted by molar-refractivity contribution is 7.53. The molecule has 0 bridgehead atoms. The van der Waals surface area contributed by atoms with Gasteiger partial charge in [-0.1, -0.05) is 60.0 Å². The molecule has 0 aromatic heterocycles. The molecule has 0 radical (unpaired) electrons. The van der Waals surface area contributed by atoms with Crippen LogP contribution in [0.15, 0.2) is 30.3 Å². The number of carbonyl (C=O) groups is 5. The van der Waals surface area contributed by atoms with Crippen LogP contribution < -0.4 is 0 Å². The molecule has 284 valence electrons. The first-order valence-corrected chi connectivity index (χ1v) is 14.7. The lowest BCUT2D eigenvalue weighted by Gasteiger charge is -2.32. The molecule has 6 N–H and O–H groups in total. The highest BCUT2D eigenvalue weighted by Crippen LogP contribution is 2.43. The second kappa shape index (κ2) is 22.4. The number of carboxylic acids is 4. The average molecular weight is 717 g/mol. The fraction of sp³-hybridized carbons (Fsp3) is 0.656. The lowest BCUT2D eigenvalue weighted by atomic mass is 9.93. The number of hydrogen-bond donors (Lipinski definition) is 6. The Morgan fingerprint density at radius 3 is 1.21 bits per heavy atom. The summed E-state index contributed by atoms with van der Waals surface area (Å²) in [6, 6.07) is 8.57. The molecule has 0 aliphatic heterocycles. The molecule has 15 nitrogen and oxygen atoms in total. The summed E-state index contributed by atoms with van der Waals surface area (Å²) in [5.74, 6) is -8.29. The standard InChI is InChI=1S/C14H18O5.C7H15O5P.C7H12O5.4CH4/c1-13(2,3)19-14(11(15)16,12(17)18)9-10-7-5-4-6-8-10;1-5(8)6(13(9,10)11)12-7(2,3)4;1-7(2,3)12-4(5(8)9)6(10)11;;;;/h4-8H,9H2,1-3H3,(H,15,16)(H,17,18);6H,1-4H3,(H2,9,10,11);4H,1-3H3,(H,8,9)(H,10,11);4*1H4. The molecule has 1 unspecified atom stereocenters. The van der Waals surface area contributed by atoms with E-state index in [1.807, 2.05) is 0 Å². The molecule has 0 aliphatic rings. The fourth-order valence-electron chi connectivity index (χ4n) is 3.06. The number of ketones is 1. The number of Topliss-reactive ketones (excluding diaryl/α,β-unsaturated/α-hetero) is 1. The summed E-state index contributed by atoms with van der Waals surface area (Å²) in [7, 11) is -4.50. The van der Waals surface area contributed by atoms with Crippen LogP contribution in [0.25, 0.3) is 0 Å². The summed E-state index contributed by atoms with van der Waals surface area (Å²) in [4.78, 5) is 71.9. The van der Waals surface area contributed by atoms with E-state index in [1.165, 1.54) is 0 Å². The van der Waals surface area contributed by atoms with E-state index < -0.39 is 71.6 Å². The minimum absolute atomic E-state index is 0. The summed E-state index contributed by atoms with van der Waals surface area (Å²) in [6.07, 6.45) is -2.01. The van der Waals surface area contributed by atoms with Crippen LogP contribution in [0.3, 0.4) is 0 Å². The van der Waals surface area contributed by atoms with Gasteiger partial charge in [0.05, 0.1) is 16.8 Å². The van der Waals surface area contributed by atoms with Crippen LogP contribution in [-0.4, -0.2) is 94.2 Å². The fourth-order valence-corrected chi connectivity index (χ4v) is 3.98. The molecular formula is C32H61O15P. The third-order valence-electron chi connectivity index (χ3n) is 4.51. The predicted molar refractivity (Wildman–Crippen MR) is 183 cm³/mol. The zero-order chi connectivity index (χ0) is 35.5. The van der Waals surface area contributed by atoms with Crippen molar-refractivity contribution in [3.05, 3.63) is 35.9 Å². The van der Waals surface area contributed by atoms with Crippen molar-refractivity contribution in [2.24, 2.45) is 0 Å². The van der Waals surface area contributed by atoms with E-state index >= 15 is 0 Å². The van der Waals surface area contributed by atoms with Crippen molar-refractivity contribution < 1.29 is 73.0 Å². The van der Waals surface area contributed by atoms with Crippen molar-refractivity contribution in [3.8, 4) is 0 Å². The maximum absolute atomic E-state index is 11.4. The molecule has 48 heavy (non-hydrogen) atoms. The molecule has 0 saturated heterocycles.